The largest absolute Gasteiger partial charge is 0.243 e. The molecule has 4 heteroatoms. The average Bonchev–Trinajstić information content (AvgIpc) is 2.33. The van der Waals surface area contributed by atoms with Crippen LogP contribution in [0.15, 0.2) is 17.0 Å². The van der Waals surface area contributed by atoms with E-state index in [0.717, 1.165) is 29.5 Å². The van der Waals surface area contributed by atoms with Gasteiger partial charge in [0, 0.05) is 13.1 Å². The van der Waals surface area contributed by atoms with Crippen molar-refractivity contribution in [2.24, 2.45) is 5.92 Å². The minimum absolute atomic E-state index is 0.454. The molecule has 0 unspecified atom stereocenters. The monoisotopic (exact) mass is 281 g/mol. The minimum atomic E-state index is -3.33. The second kappa shape index (κ2) is 5.25. The van der Waals surface area contributed by atoms with Gasteiger partial charge in [-0.25, -0.2) is 8.42 Å². The average molecular weight is 281 g/mol. The SMILES string of the molecule is Cc1cc(C)c(S(=O)(=O)N2CCC[C@H](C)C2)cc1C. The molecule has 0 saturated carbocycles. The summed E-state index contributed by atoms with van der Waals surface area (Å²) in [5.74, 6) is 0.454. The van der Waals surface area contributed by atoms with E-state index in [1.54, 1.807) is 4.31 Å². The Morgan fingerprint density at radius 2 is 1.74 bits per heavy atom. The third-order valence-electron chi connectivity index (χ3n) is 4.03. The van der Waals surface area contributed by atoms with Crippen molar-refractivity contribution in [1.82, 2.24) is 4.31 Å². The van der Waals surface area contributed by atoms with E-state index in [0.29, 0.717) is 23.9 Å². The Labute approximate surface area is 116 Å². The zero-order chi connectivity index (χ0) is 14.2. The molecule has 106 valence electrons. The van der Waals surface area contributed by atoms with Gasteiger partial charge in [-0.3, -0.25) is 0 Å². The number of hydrogen-bond acceptors (Lipinski definition) is 2. The van der Waals surface area contributed by atoms with Crippen LogP contribution in [0.5, 0.6) is 0 Å². The summed E-state index contributed by atoms with van der Waals surface area (Å²) in [6, 6.07) is 3.79. The second-order valence-corrected chi connectivity index (χ2v) is 7.72. The van der Waals surface area contributed by atoms with Gasteiger partial charge in [-0.1, -0.05) is 13.0 Å². The van der Waals surface area contributed by atoms with Crippen LogP contribution in [0.25, 0.3) is 0 Å². The lowest BCUT2D eigenvalue weighted by atomic mass is 10.0. The summed E-state index contributed by atoms with van der Waals surface area (Å²) in [6.07, 6.45) is 2.09. The smallest absolute Gasteiger partial charge is 0.207 e. The maximum absolute atomic E-state index is 12.7. The lowest BCUT2D eigenvalue weighted by molar-refractivity contribution is 0.281. The van der Waals surface area contributed by atoms with Crippen LogP contribution in [-0.2, 0) is 10.0 Å². The quantitative estimate of drug-likeness (QED) is 0.835. The first-order chi connectivity index (χ1) is 8.82. The molecule has 1 heterocycles. The van der Waals surface area contributed by atoms with E-state index < -0.39 is 10.0 Å². The molecule has 1 aromatic carbocycles. The van der Waals surface area contributed by atoms with Crippen molar-refractivity contribution >= 4 is 10.0 Å². The van der Waals surface area contributed by atoms with Gasteiger partial charge in [-0.15, -0.1) is 0 Å². The van der Waals surface area contributed by atoms with Crippen LogP contribution in [0.4, 0.5) is 0 Å². The highest BCUT2D eigenvalue weighted by atomic mass is 32.2. The van der Waals surface area contributed by atoms with Gasteiger partial charge in [0.2, 0.25) is 10.0 Å². The third-order valence-corrected chi connectivity index (χ3v) is 6.04. The zero-order valence-corrected chi connectivity index (χ0v) is 13.0. The topological polar surface area (TPSA) is 37.4 Å². The molecule has 1 fully saturated rings. The highest BCUT2D eigenvalue weighted by molar-refractivity contribution is 7.89. The molecule has 0 N–H and O–H groups in total. The molecule has 19 heavy (non-hydrogen) atoms. The molecule has 1 aromatic rings. The molecule has 1 aliphatic heterocycles. The van der Waals surface area contributed by atoms with Crippen molar-refractivity contribution in [3.63, 3.8) is 0 Å². The van der Waals surface area contributed by atoms with Gasteiger partial charge in [0.15, 0.2) is 0 Å². The van der Waals surface area contributed by atoms with Crippen molar-refractivity contribution in [2.45, 2.75) is 45.4 Å². The van der Waals surface area contributed by atoms with Crippen LogP contribution < -0.4 is 0 Å². The number of rotatable bonds is 2. The van der Waals surface area contributed by atoms with Crippen LogP contribution in [0.3, 0.4) is 0 Å². The number of sulfonamides is 1. The molecule has 1 aliphatic rings. The van der Waals surface area contributed by atoms with Gasteiger partial charge >= 0.3 is 0 Å². The van der Waals surface area contributed by atoms with Crippen LogP contribution in [0, 0.1) is 26.7 Å². The van der Waals surface area contributed by atoms with E-state index in [9.17, 15) is 8.42 Å². The van der Waals surface area contributed by atoms with Crippen molar-refractivity contribution in [2.75, 3.05) is 13.1 Å². The number of aryl methyl sites for hydroxylation is 3. The number of piperidine rings is 1. The Kier molecular flexibility index (Phi) is 4.02. The van der Waals surface area contributed by atoms with Crippen molar-refractivity contribution in [3.05, 3.63) is 28.8 Å². The minimum Gasteiger partial charge on any atom is -0.207 e. The molecule has 2 rings (SSSR count). The summed E-state index contributed by atoms with van der Waals surface area (Å²) in [7, 11) is -3.33. The van der Waals surface area contributed by atoms with Gasteiger partial charge in [0.05, 0.1) is 4.90 Å². The van der Waals surface area contributed by atoms with E-state index in [2.05, 4.69) is 6.92 Å². The van der Waals surface area contributed by atoms with Gasteiger partial charge in [0.1, 0.15) is 0 Å². The Morgan fingerprint density at radius 3 is 2.37 bits per heavy atom. The Balaban J connectivity index is 2.42. The van der Waals surface area contributed by atoms with E-state index in [1.165, 1.54) is 0 Å². The first kappa shape index (κ1) is 14.5. The molecule has 0 aromatic heterocycles. The highest BCUT2D eigenvalue weighted by Crippen LogP contribution is 2.27. The molecular weight excluding hydrogens is 258 g/mol. The maximum atomic E-state index is 12.7. The Hall–Kier alpha value is -0.870. The molecule has 0 radical (unpaired) electrons. The van der Waals surface area contributed by atoms with Gasteiger partial charge in [0.25, 0.3) is 0 Å². The van der Waals surface area contributed by atoms with Gasteiger partial charge < -0.3 is 0 Å². The number of benzene rings is 1. The van der Waals surface area contributed by atoms with Crippen LogP contribution in [0.1, 0.15) is 36.5 Å². The van der Waals surface area contributed by atoms with E-state index in [1.807, 2.05) is 32.9 Å². The van der Waals surface area contributed by atoms with Gasteiger partial charge in [-0.05, 0) is 62.3 Å². The Bertz CT molecular complexity index is 578. The summed E-state index contributed by atoms with van der Waals surface area (Å²) < 4.78 is 27.1. The van der Waals surface area contributed by atoms with Crippen molar-refractivity contribution in [1.29, 1.82) is 0 Å². The molecule has 3 nitrogen and oxygen atoms in total. The first-order valence-electron chi connectivity index (χ1n) is 6.90. The van der Waals surface area contributed by atoms with Crippen LogP contribution in [0.2, 0.25) is 0 Å². The third kappa shape index (κ3) is 2.84. The fourth-order valence-corrected chi connectivity index (χ4v) is 4.61. The highest BCUT2D eigenvalue weighted by Gasteiger charge is 2.29. The predicted octanol–water partition coefficient (Wildman–Crippen LogP) is 3.03. The summed E-state index contributed by atoms with van der Waals surface area (Å²) >= 11 is 0. The fourth-order valence-electron chi connectivity index (χ4n) is 2.72. The van der Waals surface area contributed by atoms with E-state index >= 15 is 0 Å². The zero-order valence-electron chi connectivity index (χ0n) is 12.2. The van der Waals surface area contributed by atoms with Crippen molar-refractivity contribution < 1.29 is 8.42 Å². The fraction of sp³-hybridized carbons (Fsp3) is 0.600. The van der Waals surface area contributed by atoms with Crippen LogP contribution in [-0.4, -0.2) is 25.8 Å². The standard InChI is InChI=1S/C15H23NO2S/c1-11-6-5-7-16(10-11)19(17,18)15-9-13(3)12(2)8-14(15)4/h8-9,11H,5-7,10H2,1-4H3/t11-/m0/s1. The second-order valence-electron chi connectivity index (χ2n) is 5.81. The molecule has 0 bridgehead atoms. The summed E-state index contributed by atoms with van der Waals surface area (Å²) in [5, 5.41) is 0. The normalized spacial score (nSPS) is 21.6. The summed E-state index contributed by atoms with van der Waals surface area (Å²) in [6.45, 7) is 9.28. The molecular formula is C15H23NO2S. The van der Waals surface area contributed by atoms with E-state index in [4.69, 9.17) is 0 Å². The molecule has 0 spiro atoms. The first-order valence-corrected chi connectivity index (χ1v) is 8.34. The lowest BCUT2D eigenvalue weighted by Crippen LogP contribution is -2.39. The molecule has 1 saturated heterocycles. The van der Waals surface area contributed by atoms with Gasteiger partial charge in [-0.2, -0.15) is 4.31 Å². The number of nitrogens with zero attached hydrogens (tertiary/aromatic N) is 1. The van der Waals surface area contributed by atoms with Crippen molar-refractivity contribution in [3.8, 4) is 0 Å². The van der Waals surface area contributed by atoms with Crippen LogP contribution >= 0.6 is 0 Å². The summed E-state index contributed by atoms with van der Waals surface area (Å²) in [4.78, 5) is 0.477. The molecule has 0 aliphatic carbocycles. The van der Waals surface area contributed by atoms with E-state index in [-0.39, 0.29) is 0 Å². The lowest BCUT2D eigenvalue weighted by Gasteiger charge is -2.30. The molecule has 1 atom stereocenters. The summed E-state index contributed by atoms with van der Waals surface area (Å²) in [5.41, 5.74) is 3.03. The predicted molar refractivity (Wildman–Crippen MR) is 77.8 cm³/mol. The Morgan fingerprint density at radius 1 is 1.11 bits per heavy atom. The molecule has 0 amide bonds. The maximum Gasteiger partial charge on any atom is 0.243 e. The number of hydrogen-bond donors (Lipinski definition) is 0.